The molecular weight excluding hydrogens is 382 g/mol. The van der Waals surface area contributed by atoms with Gasteiger partial charge in [-0.2, -0.15) is 4.31 Å². The summed E-state index contributed by atoms with van der Waals surface area (Å²) in [4.78, 5) is 16.9. The molecule has 0 radical (unpaired) electrons. The van der Waals surface area contributed by atoms with E-state index in [1.807, 2.05) is 18.2 Å². The van der Waals surface area contributed by atoms with Crippen molar-refractivity contribution < 1.29 is 17.9 Å². The molecule has 0 bridgehead atoms. The molecule has 1 unspecified atom stereocenters. The Balaban J connectivity index is 1.52. The first-order chi connectivity index (χ1) is 13.5. The van der Waals surface area contributed by atoms with Crippen molar-refractivity contribution in [2.24, 2.45) is 0 Å². The smallest absolute Gasteiger partial charge is 0.323 e. The lowest BCUT2D eigenvalue weighted by Gasteiger charge is -2.26. The number of nitrogens with one attached hydrogen (secondary N) is 2. The molecular formula is C19H19N3O5S. The van der Waals surface area contributed by atoms with Crippen LogP contribution in [0, 0.1) is 0 Å². The second-order valence-electron chi connectivity index (χ2n) is 6.96. The Bertz CT molecular complexity index is 1210. The molecule has 2 aliphatic heterocycles. The summed E-state index contributed by atoms with van der Waals surface area (Å²) in [5.41, 5.74) is 1.58. The molecule has 2 N–H and O–H groups in total. The number of rotatable bonds is 3. The first-order valence-corrected chi connectivity index (χ1v) is 10.6. The highest BCUT2D eigenvalue weighted by Crippen LogP contribution is 2.40. The average Bonchev–Trinajstić information content (AvgIpc) is 3.33. The topological polar surface area (TPSA) is 104 Å². The summed E-state index contributed by atoms with van der Waals surface area (Å²) >= 11 is 0. The van der Waals surface area contributed by atoms with Crippen LogP contribution in [0.2, 0.25) is 0 Å². The van der Waals surface area contributed by atoms with Gasteiger partial charge in [0.2, 0.25) is 10.0 Å². The van der Waals surface area contributed by atoms with E-state index in [0.29, 0.717) is 42.3 Å². The highest BCUT2D eigenvalue weighted by molar-refractivity contribution is 7.89. The lowest BCUT2D eigenvalue weighted by molar-refractivity contribution is 0.171. The Hall–Kier alpha value is -2.78. The molecule has 0 amide bonds. The molecule has 8 nitrogen and oxygen atoms in total. The van der Waals surface area contributed by atoms with E-state index in [1.54, 1.807) is 6.07 Å². The normalized spacial score (nSPS) is 19.9. The van der Waals surface area contributed by atoms with Crippen LogP contribution in [0.5, 0.6) is 11.5 Å². The first-order valence-electron chi connectivity index (χ1n) is 9.16. The Morgan fingerprint density at radius 2 is 1.75 bits per heavy atom. The molecule has 9 heteroatoms. The lowest BCUT2D eigenvalue weighted by Crippen LogP contribution is -2.30. The third-order valence-corrected chi connectivity index (χ3v) is 7.15. The molecule has 3 aromatic rings. The van der Waals surface area contributed by atoms with Crippen molar-refractivity contribution in [3.05, 3.63) is 52.4 Å². The van der Waals surface area contributed by atoms with Gasteiger partial charge in [0.25, 0.3) is 0 Å². The van der Waals surface area contributed by atoms with Gasteiger partial charge in [0.1, 0.15) is 13.2 Å². The standard InChI is InChI=1S/C19H19N3O5S/c23-19-20-14-5-4-13(11-15(14)21-19)28(24,25)22-7-1-2-16(22)12-3-6-17-18(10-12)27-9-8-26-17/h3-6,10-11,16H,1-2,7-9H2,(H2,20,21,23). The predicted octanol–water partition coefficient (Wildman–Crippen LogP) is 2.15. The van der Waals surface area contributed by atoms with Crippen LogP contribution in [0.3, 0.4) is 0 Å². The predicted molar refractivity (Wildman–Crippen MR) is 102 cm³/mol. The minimum Gasteiger partial charge on any atom is -0.486 e. The summed E-state index contributed by atoms with van der Waals surface area (Å²) in [5, 5.41) is 0. The third kappa shape index (κ3) is 2.78. The van der Waals surface area contributed by atoms with Crippen LogP contribution in [0.1, 0.15) is 24.4 Å². The quantitative estimate of drug-likeness (QED) is 0.700. The number of aromatic amines is 2. The zero-order chi connectivity index (χ0) is 19.3. The van der Waals surface area contributed by atoms with Crippen LogP contribution in [0.25, 0.3) is 11.0 Å². The van der Waals surface area contributed by atoms with E-state index in [4.69, 9.17) is 9.47 Å². The molecule has 1 atom stereocenters. The Morgan fingerprint density at radius 3 is 2.61 bits per heavy atom. The maximum absolute atomic E-state index is 13.3. The van der Waals surface area contributed by atoms with E-state index in [0.717, 1.165) is 18.4 Å². The van der Waals surface area contributed by atoms with Gasteiger partial charge in [-0.15, -0.1) is 0 Å². The molecule has 1 saturated heterocycles. The highest BCUT2D eigenvalue weighted by Gasteiger charge is 2.36. The average molecular weight is 401 g/mol. The van der Waals surface area contributed by atoms with E-state index >= 15 is 0 Å². The van der Waals surface area contributed by atoms with Crippen molar-refractivity contribution in [2.75, 3.05) is 19.8 Å². The number of sulfonamides is 1. The molecule has 2 aliphatic rings. The molecule has 3 heterocycles. The number of aromatic nitrogens is 2. The van der Waals surface area contributed by atoms with E-state index in [9.17, 15) is 13.2 Å². The van der Waals surface area contributed by atoms with Crippen molar-refractivity contribution in [2.45, 2.75) is 23.8 Å². The van der Waals surface area contributed by atoms with Crippen LogP contribution in [-0.2, 0) is 10.0 Å². The fraction of sp³-hybridized carbons (Fsp3) is 0.316. The van der Waals surface area contributed by atoms with Gasteiger partial charge in [0.15, 0.2) is 11.5 Å². The number of benzene rings is 2. The van der Waals surface area contributed by atoms with Crippen molar-refractivity contribution in [3.8, 4) is 11.5 Å². The summed E-state index contributed by atoms with van der Waals surface area (Å²) in [5.74, 6) is 1.34. The molecule has 146 valence electrons. The van der Waals surface area contributed by atoms with E-state index in [2.05, 4.69) is 9.97 Å². The maximum atomic E-state index is 13.3. The molecule has 0 spiro atoms. The number of fused-ring (bicyclic) bond motifs is 2. The van der Waals surface area contributed by atoms with Crippen LogP contribution < -0.4 is 15.2 Å². The minimum absolute atomic E-state index is 0.166. The zero-order valence-electron chi connectivity index (χ0n) is 15.0. The van der Waals surface area contributed by atoms with Crippen molar-refractivity contribution in [1.29, 1.82) is 0 Å². The Kier molecular flexibility index (Phi) is 3.95. The van der Waals surface area contributed by atoms with Crippen molar-refractivity contribution in [1.82, 2.24) is 14.3 Å². The Morgan fingerprint density at radius 1 is 0.964 bits per heavy atom. The van der Waals surface area contributed by atoms with Crippen LogP contribution >= 0.6 is 0 Å². The molecule has 0 saturated carbocycles. The van der Waals surface area contributed by atoms with E-state index in [1.165, 1.54) is 16.4 Å². The summed E-state index contributed by atoms with van der Waals surface area (Å²) in [6.07, 6.45) is 1.52. The van der Waals surface area contributed by atoms with Gasteiger partial charge in [-0.25, -0.2) is 13.2 Å². The molecule has 28 heavy (non-hydrogen) atoms. The van der Waals surface area contributed by atoms with Gasteiger partial charge in [0, 0.05) is 6.54 Å². The molecule has 2 aromatic carbocycles. The minimum atomic E-state index is -3.71. The van der Waals surface area contributed by atoms with Gasteiger partial charge in [-0.05, 0) is 48.7 Å². The number of hydrogen-bond donors (Lipinski definition) is 2. The molecule has 1 aromatic heterocycles. The number of ether oxygens (including phenoxy) is 2. The highest BCUT2D eigenvalue weighted by atomic mass is 32.2. The van der Waals surface area contributed by atoms with Gasteiger partial charge >= 0.3 is 5.69 Å². The first kappa shape index (κ1) is 17.3. The summed E-state index contributed by atoms with van der Waals surface area (Å²) in [7, 11) is -3.71. The number of H-pyrrole nitrogens is 2. The Labute approximate surface area is 161 Å². The van der Waals surface area contributed by atoms with E-state index in [-0.39, 0.29) is 16.6 Å². The second-order valence-corrected chi connectivity index (χ2v) is 8.85. The fourth-order valence-electron chi connectivity index (χ4n) is 3.94. The second kappa shape index (κ2) is 6.39. The molecule has 5 rings (SSSR count). The number of hydrogen-bond acceptors (Lipinski definition) is 5. The summed E-state index contributed by atoms with van der Waals surface area (Å²) < 4.78 is 39.4. The SMILES string of the molecule is O=c1[nH]c2ccc(S(=O)(=O)N3CCCC3c3ccc4c(c3)OCCO4)cc2[nH]1. The largest absolute Gasteiger partial charge is 0.486 e. The van der Waals surface area contributed by atoms with Gasteiger partial charge < -0.3 is 19.4 Å². The van der Waals surface area contributed by atoms with Gasteiger partial charge in [-0.1, -0.05) is 6.07 Å². The van der Waals surface area contributed by atoms with Crippen LogP contribution in [-0.4, -0.2) is 42.4 Å². The summed E-state index contributed by atoms with van der Waals surface area (Å²) in [6, 6.07) is 9.99. The van der Waals surface area contributed by atoms with Crippen molar-refractivity contribution >= 4 is 21.1 Å². The van der Waals surface area contributed by atoms with Crippen LogP contribution in [0.15, 0.2) is 46.1 Å². The number of nitrogens with zero attached hydrogens (tertiary/aromatic N) is 1. The number of imidazole rings is 1. The lowest BCUT2D eigenvalue weighted by atomic mass is 10.0. The van der Waals surface area contributed by atoms with E-state index < -0.39 is 10.0 Å². The maximum Gasteiger partial charge on any atom is 0.323 e. The van der Waals surface area contributed by atoms with Gasteiger partial charge in [0.05, 0.1) is 22.0 Å². The zero-order valence-corrected chi connectivity index (χ0v) is 15.8. The van der Waals surface area contributed by atoms with Crippen molar-refractivity contribution in [3.63, 3.8) is 0 Å². The third-order valence-electron chi connectivity index (χ3n) is 5.25. The van der Waals surface area contributed by atoms with Gasteiger partial charge in [-0.3, -0.25) is 0 Å². The fourth-order valence-corrected chi connectivity index (χ4v) is 5.64. The molecule has 1 fully saturated rings. The monoisotopic (exact) mass is 401 g/mol. The summed E-state index contributed by atoms with van der Waals surface area (Å²) in [6.45, 7) is 1.45. The molecule has 0 aliphatic carbocycles. The van der Waals surface area contributed by atoms with Crippen LogP contribution in [0.4, 0.5) is 0 Å².